The number of hydrogen-bond acceptors (Lipinski definition) is 5. The molecule has 1 fully saturated rings. The fourth-order valence-corrected chi connectivity index (χ4v) is 1.44. The molecule has 5 heteroatoms. The van der Waals surface area contributed by atoms with Gasteiger partial charge in [0.05, 0.1) is 0 Å². The van der Waals surface area contributed by atoms with E-state index in [0.29, 0.717) is 12.0 Å². The Kier molecular flexibility index (Phi) is 2.27. The molecule has 1 aromatic heterocycles. The van der Waals surface area contributed by atoms with Crippen molar-refractivity contribution in [2.75, 3.05) is 24.1 Å². The van der Waals surface area contributed by atoms with Gasteiger partial charge in [-0.05, 0) is 19.0 Å². The SMILES string of the molecule is Nc1nccc(N[C@@H]2CCNC2)n1. The van der Waals surface area contributed by atoms with E-state index < -0.39 is 0 Å². The molecule has 2 rings (SSSR count). The van der Waals surface area contributed by atoms with E-state index in [9.17, 15) is 0 Å². The van der Waals surface area contributed by atoms with E-state index in [-0.39, 0.29) is 0 Å². The van der Waals surface area contributed by atoms with Crippen molar-refractivity contribution in [3.05, 3.63) is 12.3 Å². The zero-order valence-corrected chi connectivity index (χ0v) is 7.33. The van der Waals surface area contributed by atoms with Crippen molar-refractivity contribution in [1.82, 2.24) is 15.3 Å². The third kappa shape index (κ3) is 2.06. The summed E-state index contributed by atoms with van der Waals surface area (Å²) >= 11 is 0. The highest BCUT2D eigenvalue weighted by molar-refractivity contribution is 5.38. The monoisotopic (exact) mass is 179 g/mol. The summed E-state index contributed by atoms with van der Waals surface area (Å²) in [5.74, 6) is 1.12. The molecule has 0 saturated carbocycles. The fraction of sp³-hybridized carbons (Fsp3) is 0.500. The molecule has 0 spiro atoms. The van der Waals surface area contributed by atoms with Crippen molar-refractivity contribution < 1.29 is 0 Å². The highest BCUT2D eigenvalue weighted by atomic mass is 15.1. The Balaban J connectivity index is 2.00. The van der Waals surface area contributed by atoms with Gasteiger partial charge >= 0.3 is 0 Å². The minimum absolute atomic E-state index is 0.316. The standard InChI is InChI=1S/C8H13N5/c9-8-11-4-2-7(13-8)12-6-1-3-10-5-6/h2,4,6,10H,1,3,5H2,(H3,9,11,12,13)/t6-/m1/s1. The van der Waals surface area contributed by atoms with Crippen LogP contribution in [-0.4, -0.2) is 29.1 Å². The van der Waals surface area contributed by atoms with Crippen LogP contribution in [0.1, 0.15) is 6.42 Å². The molecule has 1 aliphatic rings. The summed E-state index contributed by atoms with van der Waals surface area (Å²) in [6.07, 6.45) is 2.79. The van der Waals surface area contributed by atoms with Crippen LogP contribution in [0.15, 0.2) is 12.3 Å². The molecule has 5 nitrogen and oxygen atoms in total. The zero-order valence-electron chi connectivity index (χ0n) is 7.33. The predicted molar refractivity (Wildman–Crippen MR) is 51.3 cm³/mol. The maximum atomic E-state index is 5.46. The van der Waals surface area contributed by atoms with Gasteiger partial charge in [0.15, 0.2) is 0 Å². The average molecular weight is 179 g/mol. The summed E-state index contributed by atoms with van der Waals surface area (Å²) in [6, 6.07) is 2.30. The lowest BCUT2D eigenvalue weighted by Crippen LogP contribution is -2.22. The largest absolute Gasteiger partial charge is 0.368 e. The van der Waals surface area contributed by atoms with E-state index in [4.69, 9.17) is 5.73 Å². The zero-order chi connectivity index (χ0) is 9.10. The molecular weight excluding hydrogens is 166 g/mol. The smallest absolute Gasteiger partial charge is 0.221 e. The molecule has 1 aromatic rings. The average Bonchev–Trinajstić information content (AvgIpc) is 2.57. The lowest BCUT2D eigenvalue weighted by atomic mass is 10.2. The first-order valence-corrected chi connectivity index (χ1v) is 4.40. The highest BCUT2D eigenvalue weighted by Gasteiger charge is 2.13. The van der Waals surface area contributed by atoms with E-state index in [1.807, 2.05) is 6.07 Å². The summed E-state index contributed by atoms with van der Waals surface area (Å²) in [5, 5.41) is 6.56. The first-order valence-electron chi connectivity index (χ1n) is 4.40. The number of anilines is 2. The van der Waals surface area contributed by atoms with Crippen molar-refractivity contribution in [2.24, 2.45) is 0 Å². The second-order valence-corrected chi connectivity index (χ2v) is 3.13. The third-order valence-corrected chi connectivity index (χ3v) is 2.09. The van der Waals surface area contributed by atoms with E-state index in [1.165, 1.54) is 0 Å². The van der Waals surface area contributed by atoms with Crippen LogP contribution in [0.5, 0.6) is 0 Å². The molecule has 0 amide bonds. The van der Waals surface area contributed by atoms with Crippen molar-refractivity contribution in [2.45, 2.75) is 12.5 Å². The Morgan fingerprint density at radius 3 is 3.23 bits per heavy atom. The number of nitrogens with one attached hydrogen (secondary N) is 2. The molecule has 0 aromatic carbocycles. The van der Waals surface area contributed by atoms with Gasteiger partial charge in [0.1, 0.15) is 5.82 Å². The summed E-state index contributed by atoms with van der Waals surface area (Å²) in [7, 11) is 0. The van der Waals surface area contributed by atoms with Gasteiger partial charge in [0.2, 0.25) is 5.95 Å². The molecule has 0 bridgehead atoms. The molecule has 1 aliphatic heterocycles. The summed E-state index contributed by atoms with van der Waals surface area (Å²) in [5.41, 5.74) is 5.46. The maximum Gasteiger partial charge on any atom is 0.221 e. The van der Waals surface area contributed by atoms with Crippen LogP contribution in [0.25, 0.3) is 0 Å². The Hall–Kier alpha value is -1.36. The van der Waals surface area contributed by atoms with E-state index in [0.717, 1.165) is 25.3 Å². The maximum absolute atomic E-state index is 5.46. The van der Waals surface area contributed by atoms with Crippen LogP contribution in [0.4, 0.5) is 11.8 Å². The van der Waals surface area contributed by atoms with Crippen molar-refractivity contribution in [1.29, 1.82) is 0 Å². The predicted octanol–water partition coefficient (Wildman–Crippen LogP) is -0.167. The molecule has 1 atom stereocenters. The highest BCUT2D eigenvalue weighted by Crippen LogP contribution is 2.08. The molecule has 1 saturated heterocycles. The van der Waals surface area contributed by atoms with Crippen molar-refractivity contribution in [3.63, 3.8) is 0 Å². The minimum Gasteiger partial charge on any atom is -0.368 e. The van der Waals surface area contributed by atoms with Crippen LogP contribution in [0, 0.1) is 0 Å². The molecular formula is C8H13N5. The summed E-state index contributed by atoms with van der Waals surface area (Å²) < 4.78 is 0. The van der Waals surface area contributed by atoms with Crippen molar-refractivity contribution >= 4 is 11.8 Å². The number of nitrogens with zero attached hydrogens (tertiary/aromatic N) is 2. The van der Waals surface area contributed by atoms with E-state index >= 15 is 0 Å². The van der Waals surface area contributed by atoms with Crippen molar-refractivity contribution in [3.8, 4) is 0 Å². The second kappa shape index (κ2) is 3.57. The Morgan fingerprint density at radius 2 is 2.54 bits per heavy atom. The topological polar surface area (TPSA) is 75.9 Å². The fourth-order valence-electron chi connectivity index (χ4n) is 1.44. The first kappa shape index (κ1) is 8.25. The van der Waals surface area contributed by atoms with Crippen LogP contribution in [0.2, 0.25) is 0 Å². The van der Waals surface area contributed by atoms with E-state index in [1.54, 1.807) is 6.20 Å². The Labute approximate surface area is 76.8 Å². The second-order valence-electron chi connectivity index (χ2n) is 3.13. The van der Waals surface area contributed by atoms with E-state index in [2.05, 4.69) is 20.6 Å². The van der Waals surface area contributed by atoms with Gasteiger partial charge in [-0.1, -0.05) is 0 Å². The lowest BCUT2D eigenvalue weighted by Gasteiger charge is -2.11. The number of hydrogen-bond donors (Lipinski definition) is 3. The number of rotatable bonds is 2. The van der Waals surface area contributed by atoms with Crippen LogP contribution in [-0.2, 0) is 0 Å². The Morgan fingerprint density at radius 1 is 1.62 bits per heavy atom. The van der Waals surface area contributed by atoms with Crippen LogP contribution in [0.3, 0.4) is 0 Å². The van der Waals surface area contributed by atoms with Gasteiger partial charge in [0, 0.05) is 18.8 Å². The van der Waals surface area contributed by atoms with Gasteiger partial charge in [-0.2, -0.15) is 4.98 Å². The molecule has 0 radical (unpaired) electrons. The lowest BCUT2D eigenvalue weighted by molar-refractivity contribution is 0.787. The molecule has 70 valence electrons. The van der Waals surface area contributed by atoms with Gasteiger partial charge < -0.3 is 16.4 Å². The van der Waals surface area contributed by atoms with Gasteiger partial charge in [0.25, 0.3) is 0 Å². The molecule has 0 aliphatic carbocycles. The number of nitrogen functional groups attached to an aromatic ring is 1. The molecule has 4 N–H and O–H groups in total. The Bertz CT molecular complexity index is 282. The first-order chi connectivity index (χ1) is 6.34. The summed E-state index contributed by atoms with van der Waals surface area (Å²) in [4.78, 5) is 7.89. The van der Waals surface area contributed by atoms with Gasteiger partial charge in [-0.15, -0.1) is 0 Å². The third-order valence-electron chi connectivity index (χ3n) is 2.09. The van der Waals surface area contributed by atoms with Crippen LogP contribution < -0.4 is 16.4 Å². The molecule has 2 heterocycles. The number of nitrogens with two attached hydrogens (primary N) is 1. The van der Waals surface area contributed by atoms with Gasteiger partial charge in [-0.25, -0.2) is 4.98 Å². The quantitative estimate of drug-likeness (QED) is 0.588. The van der Waals surface area contributed by atoms with Gasteiger partial charge in [-0.3, -0.25) is 0 Å². The van der Waals surface area contributed by atoms with Crippen LogP contribution >= 0.6 is 0 Å². The number of aromatic nitrogens is 2. The molecule has 13 heavy (non-hydrogen) atoms. The molecule has 0 unspecified atom stereocenters. The summed E-state index contributed by atoms with van der Waals surface area (Å²) in [6.45, 7) is 2.06. The minimum atomic E-state index is 0.316. The normalized spacial score (nSPS) is 21.7.